The van der Waals surface area contributed by atoms with Crippen LogP contribution in [0, 0.1) is 5.82 Å². The van der Waals surface area contributed by atoms with Crippen LogP contribution in [-0.2, 0) is 20.8 Å². The molecule has 1 amide bonds. The lowest BCUT2D eigenvalue weighted by molar-refractivity contribution is -0.145. The number of carbonyl (C=O) groups excluding carboxylic acids is 1. The zero-order valence-corrected chi connectivity index (χ0v) is 16.6. The van der Waals surface area contributed by atoms with Crippen LogP contribution in [0.2, 0.25) is 0 Å². The van der Waals surface area contributed by atoms with Crippen LogP contribution in [0.1, 0.15) is 24.3 Å². The Kier molecular flexibility index (Phi) is 7.50. The van der Waals surface area contributed by atoms with Crippen molar-refractivity contribution < 1.29 is 23.4 Å². The van der Waals surface area contributed by atoms with Crippen LogP contribution >= 0.6 is 0 Å². The van der Waals surface area contributed by atoms with Crippen LogP contribution in [0.15, 0.2) is 24.4 Å². The highest BCUT2D eigenvalue weighted by Gasteiger charge is 2.18. The van der Waals surface area contributed by atoms with E-state index in [9.17, 15) is 9.18 Å². The average Bonchev–Trinajstić information content (AvgIpc) is 3.18. The van der Waals surface area contributed by atoms with Crippen molar-refractivity contribution in [3.05, 3.63) is 35.9 Å². The highest BCUT2D eigenvalue weighted by molar-refractivity contribution is 6.02. The number of benzene rings is 1. The van der Waals surface area contributed by atoms with E-state index in [1.54, 1.807) is 12.1 Å². The summed E-state index contributed by atoms with van der Waals surface area (Å²) in [6.07, 6.45) is 1.03. The second-order valence-corrected chi connectivity index (χ2v) is 6.39. The Hall–Kier alpha value is -2.56. The van der Waals surface area contributed by atoms with Gasteiger partial charge in [0.25, 0.3) is 5.91 Å². The van der Waals surface area contributed by atoms with Gasteiger partial charge in [-0.1, -0.05) is 5.21 Å². The summed E-state index contributed by atoms with van der Waals surface area (Å²) in [7, 11) is 0. The molecule has 0 atom stereocenters. The first-order valence-corrected chi connectivity index (χ1v) is 9.67. The molecule has 158 valence electrons. The molecule has 0 aliphatic carbocycles. The molecule has 1 aliphatic heterocycles. The second kappa shape index (κ2) is 10.3. The van der Waals surface area contributed by atoms with Crippen molar-refractivity contribution in [1.29, 1.82) is 0 Å². The first kappa shape index (κ1) is 21.2. The second-order valence-electron chi connectivity index (χ2n) is 6.39. The van der Waals surface area contributed by atoms with Crippen molar-refractivity contribution in [1.82, 2.24) is 15.0 Å². The van der Waals surface area contributed by atoms with Crippen LogP contribution in [0.25, 0.3) is 0 Å². The van der Waals surface area contributed by atoms with Gasteiger partial charge in [-0.3, -0.25) is 4.79 Å². The zero-order chi connectivity index (χ0) is 20.6. The van der Waals surface area contributed by atoms with E-state index >= 15 is 0 Å². The Labute approximate surface area is 168 Å². The van der Waals surface area contributed by atoms with E-state index in [0.717, 1.165) is 0 Å². The van der Waals surface area contributed by atoms with Gasteiger partial charge < -0.3 is 24.4 Å². The van der Waals surface area contributed by atoms with Crippen molar-refractivity contribution in [2.75, 3.05) is 49.7 Å². The molecule has 2 aromatic rings. The van der Waals surface area contributed by atoms with Gasteiger partial charge in [-0.25, -0.2) is 9.07 Å². The average molecular weight is 407 g/mol. The number of carbonyl (C=O) groups is 1. The molecule has 1 aromatic heterocycles. The molecule has 0 spiro atoms. The van der Waals surface area contributed by atoms with E-state index in [1.807, 2.05) is 18.7 Å². The normalized spacial score (nSPS) is 14.4. The zero-order valence-electron chi connectivity index (χ0n) is 16.6. The lowest BCUT2D eigenvalue weighted by Gasteiger charge is -2.29. The molecule has 10 heteroatoms. The summed E-state index contributed by atoms with van der Waals surface area (Å²) in [6.45, 7) is 7.46. The molecule has 9 nitrogen and oxygen atoms in total. The minimum absolute atomic E-state index is 0.120. The van der Waals surface area contributed by atoms with Gasteiger partial charge in [-0.15, -0.1) is 5.10 Å². The Morgan fingerprint density at radius 3 is 2.66 bits per heavy atom. The van der Waals surface area contributed by atoms with E-state index in [4.69, 9.17) is 14.2 Å². The fourth-order valence-electron chi connectivity index (χ4n) is 3.01. The molecule has 3 rings (SSSR count). The third-order valence-electron chi connectivity index (χ3n) is 4.37. The van der Waals surface area contributed by atoms with E-state index in [0.29, 0.717) is 57.4 Å². The minimum Gasteiger partial charge on any atom is -0.378 e. The van der Waals surface area contributed by atoms with Crippen molar-refractivity contribution >= 4 is 17.3 Å². The summed E-state index contributed by atoms with van der Waals surface area (Å²) in [5.41, 5.74) is 0.963. The topological polar surface area (TPSA) is 90.7 Å². The maximum absolute atomic E-state index is 14.5. The summed E-state index contributed by atoms with van der Waals surface area (Å²) in [6, 6.07) is 4.62. The third-order valence-corrected chi connectivity index (χ3v) is 4.37. The molecule has 2 heterocycles. The van der Waals surface area contributed by atoms with Crippen molar-refractivity contribution in [3.8, 4) is 0 Å². The van der Waals surface area contributed by atoms with Gasteiger partial charge in [0.1, 0.15) is 5.82 Å². The smallest absolute Gasteiger partial charge is 0.277 e. The molecule has 1 saturated heterocycles. The summed E-state index contributed by atoms with van der Waals surface area (Å²) in [4.78, 5) is 14.3. The molecule has 0 radical (unpaired) electrons. The molecule has 0 saturated carbocycles. The quantitative estimate of drug-likeness (QED) is 0.635. The van der Waals surface area contributed by atoms with Gasteiger partial charge in [0.05, 0.1) is 31.6 Å². The van der Waals surface area contributed by atoms with Crippen LogP contribution < -0.4 is 10.2 Å². The molecule has 29 heavy (non-hydrogen) atoms. The number of halogens is 1. The van der Waals surface area contributed by atoms with E-state index in [2.05, 4.69) is 15.6 Å². The number of amides is 1. The number of aromatic nitrogens is 3. The molecular weight excluding hydrogens is 381 g/mol. The number of hydrogen-bond donors (Lipinski definition) is 1. The van der Waals surface area contributed by atoms with E-state index < -0.39 is 18.0 Å². The van der Waals surface area contributed by atoms with Crippen molar-refractivity contribution in [3.63, 3.8) is 0 Å². The number of nitrogens with one attached hydrogen (secondary N) is 1. The highest BCUT2D eigenvalue weighted by Crippen LogP contribution is 2.24. The number of hydrogen-bond acceptors (Lipinski definition) is 7. The predicted molar refractivity (Wildman–Crippen MR) is 104 cm³/mol. The Morgan fingerprint density at radius 2 is 2.00 bits per heavy atom. The van der Waals surface area contributed by atoms with Gasteiger partial charge in [0, 0.05) is 32.0 Å². The predicted octanol–water partition coefficient (Wildman–Crippen LogP) is 1.91. The molecule has 0 unspecified atom stereocenters. The number of nitrogens with zero attached hydrogens (tertiary/aromatic N) is 4. The van der Waals surface area contributed by atoms with Gasteiger partial charge in [-0.05, 0) is 32.0 Å². The van der Waals surface area contributed by atoms with Gasteiger partial charge in [0.15, 0.2) is 12.0 Å². The van der Waals surface area contributed by atoms with Crippen molar-refractivity contribution in [2.45, 2.75) is 26.7 Å². The van der Waals surface area contributed by atoms with Crippen molar-refractivity contribution in [2.24, 2.45) is 0 Å². The fraction of sp³-hybridized carbons (Fsp3) is 0.526. The fourth-order valence-corrected chi connectivity index (χ4v) is 3.01. The summed E-state index contributed by atoms with van der Waals surface area (Å²) in [5.74, 6) is -0.872. The summed E-state index contributed by atoms with van der Waals surface area (Å²) in [5, 5.41) is 10.4. The minimum atomic E-state index is -0.473. The van der Waals surface area contributed by atoms with E-state index in [1.165, 1.54) is 16.9 Å². The van der Waals surface area contributed by atoms with Gasteiger partial charge >= 0.3 is 0 Å². The number of anilines is 2. The SMILES string of the molecule is CCOC(Cn1cc(C(=O)Nc2ccc(N3CCOCC3)c(F)c2)nn1)OCC. The number of ether oxygens (including phenoxy) is 3. The summed E-state index contributed by atoms with van der Waals surface area (Å²) >= 11 is 0. The number of rotatable bonds is 9. The van der Waals surface area contributed by atoms with Gasteiger partial charge in [-0.2, -0.15) is 0 Å². The first-order chi connectivity index (χ1) is 14.1. The van der Waals surface area contributed by atoms with Gasteiger partial charge in [0.2, 0.25) is 0 Å². The largest absolute Gasteiger partial charge is 0.378 e. The maximum Gasteiger partial charge on any atom is 0.277 e. The maximum atomic E-state index is 14.5. The Bertz CT molecular complexity index is 804. The summed E-state index contributed by atoms with van der Waals surface area (Å²) < 4.78 is 32.2. The van der Waals surface area contributed by atoms with E-state index in [-0.39, 0.29) is 5.69 Å². The highest BCUT2D eigenvalue weighted by atomic mass is 19.1. The molecule has 1 aromatic carbocycles. The molecule has 1 N–H and O–H groups in total. The van der Waals surface area contributed by atoms with Crippen LogP contribution in [-0.4, -0.2) is 66.7 Å². The number of morpholine rings is 1. The Balaban J connectivity index is 1.61. The Morgan fingerprint density at radius 1 is 1.28 bits per heavy atom. The lowest BCUT2D eigenvalue weighted by atomic mass is 10.2. The van der Waals surface area contributed by atoms with Crippen LogP contribution in [0.5, 0.6) is 0 Å². The van der Waals surface area contributed by atoms with Crippen LogP contribution in [0.4, 0.5) is 15.8 Å². The molecule has 1 aliphatic rings. The molecular formula is C19H26FN5O4. The molecule has 0 bridgehead atoms. The standard InChI is InChI=1S/C19H26FN5O4/c1-3-28-18(29-4-2)13-25-12-16(22-23-25)19(26)21-14-5-6-17(15(20)11-14)24-7-9-27-10-8-24/h5-6,11-12,18H,3-4,7-10,13H2,1-2H3,(H,21,26). The first-order valence-electron chi connectivity index (χ1n) is 9.67. The third kappa shape index (κ3) is 5.72. The van der Waals surface area contributed by atoms with Crippen LogP contribution in [0.3, 0.4) is 0 Å². The lowest BCUT2D eigenvalue weighted by Crippen LogP contribution is -2.36. The molecule has 1 fully saturated rings. The monoisotopic (exact) mass is 407 g/mol.